The van der Waals surface area contributed by atoms with E-state index in [-0.39, 0.29) is 41.8 Å². The van der Waals surface area contributed by atoms with Crippen LogP contribution >= 0.6 is 11.3 Å². The Morgan fingerprint density at radius 1 is 1.00 bits per heavy atom. The summed E-state index contributed by atoms with van der Waals surface area (Å²) in [4.78, 5) is 27.4. The van der Waals surface area contributed by atoms with Crippen molar-refractivity contribution in [1.82, 2.24) is 9.21 Å². The van der Waals surface area contributed by atoms with E-state index < -0.39 is 10.0 Å². The number of hydrogen-bond acceptors (Lipinski definition) is 7. The minimum Gasteiger partial charge on any atom is -0.454 e. The first kappa shape index (κ1) is 24.1. The van der Waals surface area contributed by atoms with E-state index in [1.54, 1.807) is 23.6 Å². The first-order chi connectivity index (χ1) is 16.8. The van der Waals surface area contributed by atoms with Crippen molar-refractivity contribution in [2.75, 3.05) is 38.3 Å². The molecule has 1 N–H and O–H groups in total. The number of carbonyl (C=O) groups is 2. The summed E-state index contributed by atoms with van der Waals surface area (Å²) in [6, 6.07) is 6.73. The Labute approximate surface area is 209 Å². The van der Waals surface area contributed by atoms with Crippen molar-refractivity contribution in [3.63, 3.8) is 0 Å². The summed E-state index contributed by atoms with van der Waals surface area (Å²) in [5, 5.41) is 4.53. The van der Waals surface area contributed by atoms with E-state index in [0.717, 1.165) is 24.2 Å². The average molecular weight is 520 g/mol. The quantitative estimate of drug-likeness (QED) is 0.649. The van der Waals surface area contributed by atoms with Gasteiger partial charge in [-0.15, -0.1) is 11.3 Å². The van der Waals surface area contributed by atoms with Crippen LogP contribution in [0.3, 0.4) is 0 Å². The van der Waals surface area contributed by atoms with E-state index in [9.17, 15) is 18.0 Å². The number of nitrogens with one attached hydrogen (secondary N) is 1. The van der Waals surface area contributed by atoms with Gasteiger partial charge in [-0.05, 0) is 49.8 Å². The van der Waals surface area contributed by atoms with Crippen molar-refractivity contribution in [3.05, 3.63) is 35.2 Å². The first-order valence-electron chi connectivity index (χ1n) is 11.9. The Kier molecular flexibility index (Phi) is 6.73. The highest BCUT2D eigenvalue weighted by molar-refractivity contribution is 7.91. The molecule has 188 valence electrons. The van der Waals surface area contributed by atoms with Gasteiger partial charge in [0.25, 0.3) is 15.9 Å². The van der Waals surface area contributed by atoms with E-state index in [2.05, 4.69) is 12.2 Å². The maximum Gasteiger partial charge on any atom is 0.254 e. The molecule has 5 rings (SSSR count). The fraction of sp³-hybridized carbons (Fsp3) is 0.500. The summed E-state index contributed by atoms with van der Waals surface area (Å²) < 4.78 is 38.6. The first-order valence-corrected chi connectivity index (χ1v) is 14.2. The molecule has 1 aromatic heterocycles. The van der Waals surface area contributed by atoms with Gasteiger partial charge < -0.3 is 19.7 Å². The molecule has 0 radical (unpaired) electrons. The molecule has 11 heteroatoms. The standard InChI is InChI=1S/C24H29N3O6S2/c1-16-4-8-26(9-5-16)24(29)18-12-22(34-14-18)35(30,31)27-10-6-17(7-11-27)23(28)25-19-2-3-20-21(13-19)33-15-32-20/h2-3,12-14,16-17H,4-11,15H2,1H3,(H,25,28). The third-order valence-electron chi connectivity index (χ3n) is 6.95. The molecule has 2 saturated heterocycles. The number of likely N-dealkylation sites (tertiary alicyclic amines) is 1. The Morgan fingerprint density at radius 3 is 2.46 bits per heavy atom. The number of sulfonamides is 1. The minimum absolute atomic E-state index is 0.103. The highest BCUT2D eigenvalue weighted by atomic mass is 32.2. The second-order valence-corrected chi connectivity index (χ2v) is 12.4. The molecule has 0 spiro atoms. The summed E-state index contributed by atoms with van der Waals surface area (Å²) in [6.45, 7) is 4.28. The normalized spacial score (nSPS) is 19.6. The monoisotopic (exact) mass is 519 g/mol. The number of thiophene rings is 1. The number of nitrogens with zero attached hydrogens (tertiary/aromatic N) is 2. The number of carbonyl (C=O) groups excluding carboxylic acids is 2. The molecule has 9 nitrogen and oxygen atoms in total. The average Bonchev–Trinajstić information content (AvgIpc) is 3.54. The van der Waals surface area contributed by atoms with E-state index in [1.165, 1.54) is 10.4 Å². The molecular formula is C24H29N3O6S2. The number of ether oxygens (including phenoxy) is 2. The highest BCUT2D eigenvalue weighted by Gasteiger charge is 2.34. The van der Waals surface area contributed by atoms with Gasteiger partial charge in [0.05, 0.1) is 5.56 Å². The molecule has 35 heavy (non-hydrogen) atoms. The van der Waals surface area contributed by atoms with Crippen molar-refractivity contribution in [3.8, 4) is 11.5 Å². The van der Waals surface area contributed by atoms with Gasteiger partial charge in [-0.3, -0.25) is 9.59 Å². The van der Waals surface area contributed by atoms with Crippen LogP contribution in [0.25, 0.3) is 0 Å². The van der Waals surface area contributed by atoms with Gasteiger partial charge in [0.2, 0.25) is 12.7 Å². The molecule has 1 aromatic carbocycles. The highest BCUT2D eigenvalue weighted by Crippen LogP contribution is 2.35. The maximum atomic E-state index is 13.2. The summed E-state index contributed by atoms with van der Waals surface area (Å²) in [5.74, 6) is 1.32. The van der Waals surface area contributed by atoms with Crippen LogP contribution in [0.2, 0.25) is 0 Å². The van der Waals surface area contributed by atoms with Gasteiger partial charge in [0.1, 0.15) is 4.21 Å². The van der Waals surface area contributed by atoms with Crippen molar-refractivity contribution in [2.45, 2.75) is 36.8 Å². The lowest BCUT2D eigenvalue weighted by atomic mass is 9.97. The summed E-state index contributed by atoms with van der Waals surface area (Å²) in [6.07, 6.45) is 2.80. The lowest BCUT2D eigenvalue weighted by Gasteiger charge is -2.30. The molecule has 3 aliphatic heterocycles. The molecule has 0 atom stereocenters. The predicted molar refractivity (Wildman–Crippen MR) is 131 cm³/mol. The number of anilines is 1. The van der Waals surface area contributed by atoms with Crippen LogP contribution in [0, 0.1) is 11.8 Å². The molecule has 3 aliphatic rings. The topological polar surface area (TPSA) is 105 Å². The second kappa shape index (κ2) is 9.79. The molecule has 2 aromatic rings. The summed E-state index contributed by atoms with van der Waals surface area (Å²) >= 11 is 1.08. The Bertz CT molecular complexity index is 1210. The number of hydrogen-bond donors (Lipinski definition) is 1. The van der Waals surface area contributed by atoms with E-state index in [1.807, 2.05) is 4.90 Å². The van der Waals surface area contributed by atoms with Crippen LogP contribution in [-0.2, 0) is 14.8 Å². The van der Waals surface area contributed by atoms with Crippen LogP contribution in [-0.4, -0.2) is 62.4 Å². The van der Waals surface area contributed by atoms with E-state index >= 15 is 0 Å². The minimum atomic E-state index is -3.71. The van der Waals surface area contributed by atoms with E-state index in [0.29, 0.717) is 54.6 Å². The second-order valence-electron chi connectivity index (χ2n) is 9.36. The van der Waals surface area contributed by atoms with Crippen molar-refractivity contribution in [1.29, 1.82) is 0 Å². The predicted octanol–water partition coefficient (Wildman–Crippen LogP) is 3.39. The SMILES string of the molecule is CC1CCN(C(=O)c2csc(S(=O)(=O)N3CCC(C(=O)Nc4ccc5c(c4)OCO5)CC3)c2)CC1. The van der Waals surface area contributed by atoms with Crippen molar-refractivity contribution in [2.24, 2.45) is 11.8 Å². The molecule has 2 amide bonds. The molecule has 0 unspecified atom stereocenters. The number of fused-ring (bicyclic) bond motifs is 1. The van der Waals surface area contributed by atoms with Crippen LogP contribution in [0.1, 0.15) is 43.0 Å². The van der Waals surface area contributed by atoms with Gasteiger partial charge in [0.15, 0.2) is 11.5 Å². The van der Waals surface area contributed by atoms with Crippen molar-refractivity contribution < 1.29 is 27.5 Å². The molecule has 0 bridgehead atoms. The van der Waals surface area contributed by atoms with Gasteiger partial charge in [-0.2, -0.15) is 4.31 Å². The van der Waals surface area contributed by atoms with Gasteiger partial charge in [-0.25, -0.2) is 8.42 Å². The fourth-order valence-corrected chi connectivity index (χ4v) is 7.44. The zero-order chi connectivity index (χ0) is 24.6. The molecule has 4 heterocycles. The maximum absolute atomic E-state index is 13.2. The van der Waals surface area contributed by atoms with Gasteiger partial charge >= 0.3 is 0 Å². The number of piperidine rings is 2. The number of benzene rings is 1. The molecular weight excluding hydrogens is 490 g/mol. The van der Waals surface area contributed by atoms with Crippen LogP contribution in [0.5, 0.6) is 11.5 Å². The van der Waals surface area contributed by atoms with Crippen molar-refractivity contribution >= 4 is 38.9 Å². The lowest BCUT2D eigenvalue weighted by Crippen LogP contribution is -2.41. The Balaban J connectivity index is 1.17. The third kappa shape index (κ3) is 5.03. The fourth-order valence-electron chi connectivity index (χ4n) is 4.66. The smallest absolute Gasteiger partial charge is 0.254 e. The summed E-state index contributed by atoms with van der Waals surface area (Å²) in [5.41, 5.74) is 1.05. The van der Waals surface area contributed by atoms with Crippen LogP contribution in [0.4, 0.5) is 5.69 Å². The van der Waals surface area contributed by atoms with Gasteiger partial charge in [0, 0.05) is 49.2 Å². The third-order valence-corrected chi connectivity index (χ3v) is 10.3. The number of amides is 2. The largest absolute Gasteiger partial charge is 0.454 e. The van der Waals surface area contributed by atoms with E-state index in [4.69, 9.17) is 9.47 Å². The lowest BCUT2D eigenvalue weighted by molar-refractivity contribution is -0.120. The number of rotatable bonds is 5. The molecule has 2 fully saturated rings. The van der Waals surface area contributed by atoms with Gasteiger partial charge in [-0.1, -0.05) is 6.92 Å². The van der Waals surface area contributed by atoms with Crippen LogP contribution < -0.4 is 14.8 Å². The zero-order valence-corrected chi connectivity index (χ0v) is 21.2. The molecule has 0 saturated carbocycles. The molecule has 0 aliphatic carbocycles. The zero-order valence-electron chi connectivity index (χ0n) is 19.6. The Hall–Kier alpha value is -2.63. The van der Waals surface area contributed by atoms with Crippen LogP contribution in [0.15, 0.2) is 33.9 Å². The Morgan fingerprint density at radius 2 is 1.71 bits per heavy atom. The summed E-state index contributed by atoms with van der Waals surface area (Å²) in [7, 11) is -3.71.